The lowest BCUT2D eigenvalue weighted by molar-refractivity contribution is -0.158. The van der Waals surface area contributed by atoms with Crippen LogP contribution in [0.3, 0.4) is 0 Å². The first kappa shape index (κ1) is 36.8. The molecule has 0 aromatic carbocycles. The monoisotopic (exact) mass is 643 g/mol. The topological polar surface area (TPSA) is 177 Å². The summed E-state index contributed by atoms with van der Waals surface area (Å²) < 4.78 is 5.62. The van der Waals surface area contributed by atoms with Crippen LogP contribution >= 0.6 is 0 Å². The highest BCUT2D eigenvalue weighted by Crippen LogP contribution is 2.33. The Labute approximate surface area is 272 Å². The molecule has 2 aliphatic carbocycles. The second kappa shape index (κ2) is 15.3. The third kappa shape index (κ3) is 9.92. The average molecular weight is 644 g/mol. The molecule has 0 radical (unpaired) electrons. The summed E-state index contributed by atoms with van der Waals surface area (Å²) in [6, 6.07) is -4.69. The van der Waals surface area contributed by atoms with E-state index in [-0.39, 0.29) is 30.7 Å². The molecule has 256 valence electrons. The number of nitrogens with two attached hydrogens (primary N) is 1. The molecule has 0 aromatic heterocycles. The van der Waals surface area contributed by atoms with E-state index >= 15 is 0 Å². The van der Waals surface area contributed by atoms with Gasteiger partial charge in [-0.1, -0.05) is 59.5 Å². The Morgan fingerprint density at radius 1 is 0.957 bits per heavy atom. The average Bonchev–Trinajstić information content (AvgIpc) is 3.60. The highest BCUT2D eigenvalue weighted by Gasteiger charge is 2.46. The maximum Gasteiger partial charge on any atom is 0.329 e. The van der Waals surface area contributed by atoms with Crippen LogP contribution in [0.1, 0.15) is 99.3 Å². The minimum Gasteiger partial charge on any atom is -0.458 e. The summed E-state index contributed by atoms with van der Waals surface area (Å²) in [6.07, 6.45) is 8.48. The van der Waals surface area contributed by atoms with Crippen LogP contribution in [0, 0.1) is 23.2 Å². The van der Waals surface area contributed by atoms with Crippen LogP contribution in [-0.2, 0) is 28.7 Å². The van der Waals surface area contributed by atoms with E-state index < -0.39 is 70.7 Å². The van der Waals surface area contributed by atoms with Gasteiger partial charge in [-0.15, -0.1) is 5.73 Å². The number of hydrogen-bond donors (Lipinski definition) is 4. The third-order valence-corrected chi connectivity index (χ3v) is 9.15. The third-order valence-electron chi connectivity index (χ3n) is 9.15. The Bertz CT molecular complexity index is 1220. The molecule has 1 aliphatic heterocycles. The molecule has 5 atom stereocenters. The number of nitrogens with zero attached hydrogens (tertiary/aromatic N) is 1. The van der Waals surface area contributed by atoms with Crippen LogP contribution in [0.4, 0.5) is 4.79 Å². The van der Waals surface area contributed by atoms with Crippen molar-refractivity contribution in [2.45, 2.75) is 129 Å². The van der Waals surface area contributed by atoms with Gasteiger partial charge in [-0.05, 0) is 69.8 Å². The van der Waals surface area contributed by atoms with Gasteiger partial charge < -0.3 is 31.3 Å². The van der Waals surface area contributed by atoms with Gasteiger partial charge in [0.1, 0.15) is 23.7 Å². The van der Waals surface area contributed by atoms with Gasteiger partial charge in [0.05, 0.1) is 6.04 Å². The number of rotatable bonds is 12. The quantitative estimate of drug-likeness (QED) is 0.144. The van der Waals surface area contributed by atoms with Gasteiger partial charge in [-0.25, -0.2) is 9.59 Å². The second-order valence-electron chi connectivity index (χ2n) is 15.2. The number of amides is 5. The van der Waals surface area contributed by atoms with Crippen LogP contribution in [0.5, 0.6) is 0 Å². The van der Waals surface area contributed by atoms with Crippen molar-refractivity contribution in [3.8, 4) is 0 Å². The summed E-state index contributed by atoms with van der Waals surface area (Å²) in [4.78, 5) is 80.4. The highest BCUT2D eigenvalue weighted by molar-refractivity contribution is 6.37. The van der Waals surface area contributed by atoms with Crippen molar-refractivity contribution < 1.29 is 33.5 Å². The Morgan fingerprint density at radius 2 is 1.59 bits per heavy atom. The number of ketones is 1. The predicted molar refractivity (Wildman–Crippen MR) is 172 cm³/mol. The Hall–Kier alpha value is -3.66. The van der Waals surface area contributed by atoms with E-state index in [0.29, 0.717) is 6.42 Å². The minimum atomic E-state index is -1.12. The maximum absolute atomic E-state index is 14.2. The van der Waals surface area contributed by atoms with Crippen molar-refractivity contribution in [2.75, 3.05) is 6.54 Å². The first-order valence-electron chi connectivity index (χ1n) is 16.5. The lowest BCUT2D eigenvalue weighted by Gasteiger charge is -2.36. The summed E-state index contributed by atoms with van der Waals surface area (Å²) in [7, 11) is 0. The molecule has 3 fully saturated rings. The van der Waals surface area contributed by atoms with Gasteiger partial charge in [0, 0.05) is 12.5 Å². The molecule has 5 N–H and O–H groups in total. The molecule has 12 heteroatoms. The number of nitrogens with one attached hydrogen (secondary N) is 3. The predicted octanol–water partition coefficient (Wildman–Crippen LogP) is 2.89. The van der Waals surface area contributed by atoms with Crippen molar-refractivity contribution in [3.63, 3.8) is 0 Å². The molecular formula is C34H53N5O7. The molecule has 0 bridgehead atoms. The molecular weight excluding hydrogens is 590 g/mol. The second-order valence-corrected chi connectivity index (χ2v) is 15.2. The lowest BCUT2D eigenvalue weighted by atomic mass is 9.80. The van der Waals surface area contributed by atoms with E-state index in [9.17, 15) is 28.8 Å². The number of Topliss-reactive ketones (excluding diaryl/α,β-unsaturated/α-hetero) is 1. The van der Waals surface area contributed by atoms with Crippen molar-refractivity contribution in [2.24, 2.45) is 28.9 Å². The molecule has 46 heavy (non-hydrogen) atoms. The largest absolute Gasteiger partial charge is 0.458 e. The zero-order valence-corrected chi connectivity index (χ0v) is 28.3. The maximum atomic E-state index is 14.2. The van der Waals surface area contributed by atoms with Crippen molar-refractivity contribution in [1.29, 1.82) is 0 Å². The number of carbonyl (C=O) groups excluding carboxylic acids is 6. The number of likely N-dealkylation sites (tertiary alicyclic amines) is 1. The number of hydrogen-bond acceptors (Lipinski definition) is 7. The van der Waals surface area contributed by atoms with Gasteiger partial charge in [0.2, 0.25) is 17.6 Å². The van der Waals surface area contributed by atoms with Gasteiger partial charge >= 0.3 is 12.0 Å². The normalized spacial score (nSPS) is 22.4. The standard InChI is InChI=1S/C34H53N5O7/c1-8-12-21-18-24(29(42)36-23(26(40)28(35)41)17-20-13-11-14-20)39(19-21)30(43)27(33(2,3)4)38-32(45)37-25(22-15-9-10-16-22)31(44)46-34(5,6)7/h12,20-25,27H,1,9-11,13-19H2,2-7H3,(H2,35,41)(H,36,42)(H2,37,38,45)/t21-,23?,24+,25+,27-/m1/s1. The summed E-state index contributed by atoms with van der Waals surface area (Å²) >= 11 is 0. The molecule has 12 nitrogen and oxygen atoms in total. The summed E-state index contributed by atoms with van der Waals surface area (Å²) in [5.74, 6) is -3.71. The zero-order chi connectivity index (χ0) is 34.4. The number of esters is 1. The van der Waals surface area contributed by atoms with E-state index in [1.54, 1.807) is 47.6 Å². The number of ether oxygens (including phenoxy) is 1. The van der Waals surface area contributed by atoms with E-state index in [1.807, 2.05) is 0 Å². The van der Waals surface area contributed by atoms with Crippen LogP contribution in [0.25, 0.3) is 0 Å². The molecule has 3 aliphatic rings. The Balaban J connectivity index is 1.82. The molecule has 0 aromatic rings. The fraction of sp³-hybridized carbons (Fsp3) is 0.735. The first-order valence-corrected chi connectivity index (χ1v) is 16.5. The zero-order valence-electron chi connectivity index (χ0n) is 28.3. The van der Waals surface area contributed by atoms with Crippen molar-refractivity contribution >= 4 is 35.5 Å². The Kier molecular flexibility index (Phi) is 12.2. The highest BCUT2D eigenvalue weighted by atomic mass is 16.6. The fourth-order valence-electron chi connectivity index (χ4n) is 6.53. The molecule has 1 unspecified atom stereocenters. The summed E-state index contributed by atoms with van der Waals surface area (Å²) in [6.45, 7) is 14.5. The summed E-state index contributed by atoms with van der Waals surface area (Å²) in [5, 5.41) is 8.29. The lowest BCUT2D eigenvalue weighted by Crippen LogP contribution is -2.61. The molecule has 5 amide bonds. The van der Waals surface area contributed by atoms with Crippen LogP contribution < -0.4 is 21.7 Å². The van der Waals surface area contributed by atoms with Gasteiger partial charge in [0.25, 0.3) is 5.91 Å². The molecule has 3 rings (SSSR count). The van der Waals surface area contributed by atoms with Gasteiger partial charge in [0.15, 0.2) is 0 Å². The van der Waals surface area contributed by atoms with E-state index in [0.717, 1.165) is 44.9 Å². The van der Waals surface area contributed by atoms with Crippen LogP contribution in [-0.4, -0.2) is 76.7 Å². The molecule has 1 saturated heterocycles. The molecule has 2 saturated carbocycles. The fourth-order valence-corrected chi connectivity index (χ4v) is 6.53. The molecule has 0 spiro atoms. The smallest absolute Gasteiger partial charge is 0.329 e. The van der Waals surface area contributed by atoms with Crippen LogP contribution in [0.15, 0.2) is 18.4 Å². The Morgan fingerprint density at radius 3 is 2.09 bits per heavy atom. The number of primary amides is 1. The number of carbonyl (C=O) groups is 6. The minimum absolute atomic E-state index is 0.0847. The van der Waals surface area contributed by atoms with Gasteiger partial charge in [-0.3, -0.25) is 19.2 Å². The summed E-state index contributed by atoms with van der Waals surface area (Å²) in [5.41, 5.74) is 6.50. The SMILES string of the molecule is C=C=C[C@@H]1C[C@@H](C(=O)NC(CC2CCC2)C(=O)C(N)=O)N(C(=O)[C@@H](NC(=O)N[C@H](C(=O)OC(C)(C)C)C2CCCC2)C(C)(C)C)C1. The first-order chi connectivity index (χ1) is 21.4. The molecule has 1 heterocycles. The van der Waals surface area contributed by atoms with Crippen molar-refractivity contribution in [1.82, 2.24) is 20.9 Å². The van der Waals surface area contributed by atoms with Crippen molar-refractivity contribution in [3.05, 3.63) is 18.4 Å². The van der Waals surface area contributed by atoms with E-state index in [1.165, 1.54) is 4.90 Å². The van der Waals surface area contributed by atoms with E-state index in [2.05, 4.69) is 28.3 Å². The number of urea groups is 1. The van der Waals surface area contributed by atoms with Crippen LogP contribution in [0.2, 0.25) is 0 Å². The van der Waals surface area contributed by atoms with Gasteiger partial charge in [-0.2, -0.15) is 0 Å². The van der Waals surface area contributed by atoms with E-state index in [4.69, 9.17) is 10.5 Å².